The molecule has 1 heterocycles. The highest BCUT2D eigenvalue weighted by molar-refractivity contribution is 7.99. The van der Waals surface area contributed by atoms with Gasteiger partial charge < -0.3 is 23.7 Å². The second kappa shape index (κ2) is 18.0. The molecule has 5 aromatic carbocycles. The summed E-state index contributed by atoms with van der Waals surface area (Å²) in [7, 11) is 0. The van der Waals surface area contributed by atoms with Crippen LogP contribution >= 0.6 is 11.8 Å². The number of hydrogen-bond donors (Lipinski definition) is 0. The third-order valence-corrected chi connectivity index (χ3v) is 10.4. The van der Waals surface area contributed by atoms with Gasteiger partial charge in [-0.25, -0.2) is 4.79 Å². The second-order valence-corrected chi connectivity index (χ2v) is 15.3. The molecule has 1 saturated heterocycles. The Kier molecular flexibility index (Phi) is 13.0. The maximum absolute atomic E-state index is 13.9. The third-order valence-electron chi connectivity index (χ3n) is 9.11. The lowest BCUT2D eigenvalue weighted by atomic mass is 9.87. The quantitative estimate of drug-likeness (QED) is 0.106. The lowest BCUT2D eigenvalue weighted by Gasteiger charge is -2.45. The van der Waals surface area contributed by atoms with Gasteiger partial charge in [-0.2, -0.15) is 0 Å². The first-order valence-electron chi connectivity index (χ1n) is 17.9. The molecule has 0 radical (unpaired) electrons. The van der Waals surface area contributed by atoms with Crippen molar-refractivity contribution in [2.75, 3.05) is 6.61 Å². The minimum Gasteiger partial charge on any atom is -0.452 e. The van der Waals surface area contributed by atoms with Crippen molar-refractivity contribution in [2.45, 2.75) is 87.7 Å². The summed E-state index contributed by atoms with van der Waals surface area (Å²) in [6.07, 6.45) is -2.69. The summed E-state index contributed by atoms with van der Waals surface area (Å²) in [4.78, 5) is 14.9. The maximum atomic E-state index is 13.9. The highest BCUT2D eigenvalue weighted by Gasteiger charge is 2.50. The molecule has 1 fully saturated rings. The summed E-state index contributed by atoms with van der Waals surface area (Å²) in [6, 6.07) is 45.7. The first-order chi connectivity index (χ1) is 25.2. The van der Waals surface area contributed by atoms with Crippen LogP contribution in [0, 0.1) is 6.92 Å². The van der Waals surface area contributed by atoms with Crippen LogP contribution in [0.3, 0.4) is 0 Å². The number of hydrogen-bond acceptors (Lipinski definition) is 7. The van der Waals surface area contributed by atoms with E-state index in [2.05, 4.69) is 45.9 Å². The van der Waals surface area contributed by atoms with E-state index in [1.165, 1.54) is 5.56 Å². The van der Waals surface area contributed by atoms with E-state index in [9.17, 15) is 4.79 Å². The van der Waals surface area contributed by atoms with E-state index in [0.29, 0.717) is 25.4 Å². The first kappa shape index (κ1) is 37.5. The smallest absolute Gasteiger partial charge is 0.338 e. The Labute approximate surface area is 312 Å². The Morgan fingerprint density at radius 2 is 1.17 bits per heavy atom. The van der Waals surface area contributed by atoms with Crippen LogP contribution in [0.5, 0.6) is 0 Å². The van der Waals surface area contributed by atoms with Gasteiger partial charge >= 0.3 is 5.97 Å². The molecule has 0 bridgehead atoms. The molecule has 0 saturated carbocycles. The van der Waals surface area contributed by atoms with Crippen molar-refractivity contribution in [1.82, 2.24) is 0 Å². The largest absolute Gasteiger partial charge is 0.452 e. The number of carbonyl (C=O) groups excluding carboxylic acids is 1. The summed E-state index contributed by atoms with van der Waals surface area (Å²) in [6.45, 7) is 9.98. The summed E-state index contributed by atoms with van der Waals surface area (Å²) in [5.41, 5.74) is 5.15. The van der Waals surface area contributed by atoms with Crippen LogP contribution in [0.1, 0.15) is 58.9 Å². The SMILES string of the molecule is Cc1ccc(C(C)(C)C)cc1S[C@@H]1O[C@H](COCc2ccccc2)[C@@H](OCc2ccccc2)[C@H](OCc2ccccc2)[C@H]1OC(=O)c1ccccc1. The number of carbonyl (C=O) groups is 1. The fourth-order valence-electron chi connectivity index (χ4n) is 6.11. The molecule has 6 nitrogen and oxygen atoms in total. The number of esters is 1. The average molecular weight is 717 g/mol. The Morgan fingerprint density at radius 3 is 1.73 bits per heavy atom. The van der Waals surface area contributed by atoms with Gasteiger partial charge in [-0.3, -0.25) is 0 Å². The predicted octanol–water partition coefficient (Wildman–Crippen LogP) is 9.72. The van der Waals surface area contributed by atoms with Gasteiger partial charge in [0.05, 0.1) is 32.0 Å². The molecule has 1 aliphatic heterocycles. The van der Waals surface area contributed by atoms with Crippen LogP contribution in [0.2, 0.25) is 0 Å². The molecule has 5 aromatic rings. The van der Waals surface area contributed by atoms with Gasteiger partial charge in [0.15, 0.2) is 6.10 Å². The summed E-state index contributed by atoms with van der Waals surface area (Å²) in [5, 5.41) is 0. The van der Waals surface area contributed by atoms with Crippen molar-refractivity contribution in [2.24, 2.45) is 0 Å². The zero-order chi connectivity index (χ0) is 36.3. The molecule has 0 amide bonds. The molecular formula is C45H48O6S. The van der Waals surface area contributed by atoms with Crippen LogP contribution in [0.25, 0.3) is 0 Å². The number of rotatable bonds is 14. The van der Waals surface area contributed by atoms with E-state index in [1.807, 2.05) is 109 Å². The predicted molar refractivity (Wildman–Crippen MR) is 206 cm³/mol. The van der Waals surface area contributed by atoms with Crippen LogP contribution in [0.15, 0.2) is 144 Å². The summed E-state index contributed by atoms with van der Waals surface area (Å²) >= 11 is 1.55. The maximum Gasteiger partial charge on any atom is 0.338 e. The van der Waals surface area contributed by atoms with Crippen molar-refractivity contribution >= 4 is 17.7 Å². The third kappa shape index (κ3) is 10.2. The highest BCUT2D eigenvalue weighted by atomic mass is 32.2. The number of thioether (sulfide) groups is 1. The van der Waals surface area contributed by atoms with Crippen molar-refractivity contribution in [3.8, 4) is 0 Å². The van der Waals surface area contributed by atoms with E-state index >= 15 is 0 Å². The van der Waals surface area contributed by atoms with Gasteiger partial charge in [0.1, 0.15) is 23.7 Å². The molecule has 270 valence electrons. The van der Waals surface area contributed by atoms with Gasteiger partial charge in [-0.05, 0) is 58.4 Å². The molecule has 0 unspecified atom stereocenters. The second-order valence-electron chi connectivity index (χ2n) is 14.2. The standard InChI is InChI=1S/C45H48O6S/c1-32-25-26-37(45(2,3)4)27-39(32)52-44-42(51-43(46)36-23-15-8-16-24-36)41(49-30-35-21-13-7-14-22-35)40(48-29-34-19-11-6-12-20-34)38(50-44)31-47-28-33-17-9-5-10-18-33/h5-27,38,40-42,44H,28-31H2,1-4H3/t38-,40-,41+,42-,44+/m1/s1. The van der Waals surface area contributed by atoms with Crippen LogP contribution in [0.4, 0.5) is 0 Å². The molecule has 0 N–H and O–H groups in total. The van der Waals surface area contributed by atoms with Gasteiger partial charge in [0.25, 0.3) is 0 Å². The average Bonchev–Trinajstić information content (AvgIpc) is 3.16. The number of benzene rings is 5. The Bertz CT molecular complexity index is 1830. The zero-order valence-corrected chi connectivity index (χ0v) is 31.2. The minimum atomic E-state index is -0.828. The molecule has 5 atom stereocenters. The van der Waals surface area contributed by atoms with Crippen LogP contribution < -0.4 is 0 Å². The van der Waals surface area contributed by atoms with E-state index < -0.39 is 35.8 Å². The Balaban J connectivity index is 1.39. The first-order valence-corrected chi connectivity index (χ1v) is 18.7. The Morgan fingerprint density at radius 1 is 0.654 bits per heavy atom. The molecule has 0 spiro atoms. The molecule has 0 aromatic heterocycles. The van der Waals surface area contributed by atoms with E-state index in [0.717, 1.165) is 27.1 Å². The van der Waals surface area contributed by atoms with Crippen molar-refractivity contribution < 1.29 is 28.5 Å². The molecule has 52 heavy (non-hydrogen) atoms. The van der Waals surface area contributed by atoms with E-state index in [4.69, 9.17) is 23.7 Å². The fraction of sp³-hybridized carbons (Fsp3) is 0.311. The molecule has 6 rings (SSSR count). The van der Waals surface area contributed by atoms with Crippen molar-refractivity contribution in [1.29, 1.82) is 0 Å². The number of aryl methyl sites for hydroxylation is 1. The van der Waals surface area contributed by atoms with Gasteiger partial charge in [-0.1, -0.05) is 154 Å². The summed E-state index contributed by atoms with van der Waals surface area (Å²) in [5.74, 6) is -0.450. The number of ether oxygens (including phenoxy) is 5. The van der Waals surface area contributed by atoms with Gasteiger partial charge in [0, 0.05) is 4.90 Å². The highest BCUT2D eigenvalue weighted by Crippen LogP contribution is 2.40. The molecular weight excluding hydrogens is 669 g/mol. The zero-order valence-electron chi connectivity index (χ0n) is 30.4. The fourth-order valence-corrected chi connectivity index (χ4v) is 7.35. The van der Waals surface area contributed by atoms with E-state index in [-0.39, 0.29) is 12.0 Å². The summed E-state index contributed by atoms with van der Waals surface area (Å²) < 4.78 is 33.4. The van der Waals surface area contributed by atoms with Crippen molar-refractivity contribution in [3.63, 3.8) is 0 Å². The van der Waals surface area contributed by atoms with Crippen LogP contribution in [-0.4, -0.2) is 42.4 Å². The van der Waals surface area contributed by atoms with Crippen LogP contribution in [-0.2, 0) is 48.9 Å². The normalized spacial score (nSPS) is 20.3. The molecule has 0 aliphatic carbocycles. The lowest BCUT2D eigenvalue weighted by Crippen LogP contribution is -2.60. The molecule has 1 aliphatic rings. The lowest BCUT2D eigenvalue weighted by molar-refractivity contribution is -0.242. The van der Waals surface area contributed by atoms with E-state index in [1.54, 1.807) is 23.9 Å². The minimum absolute atomic E-state index is 0.0544. The Hall–Kier alpha value is -4.24. The topological polar surface area (TPSA) is 63.2 Å². The van der Waals surface area contributed by atoms with Gasteiger partial charge in [0.2, 0.25) is 0 Å². The monoisotopic (exact) mass is 716 g/mol. The van der Waals surface area contributed by atoms with Crippen molar-refractivity contribution in [3.05, 3.63) is 173 Å². The molecule has 7 heteroatoms. The van der Waals surface area contributed by atoms with Gasteiger partial charge in [-0.15, -0.1) is 0 Å².